The van der Waals surface area contributed by atoms with Gasteiger partial charge in [0.15, 0.2) is 0 Å². The number of hydrogen-bond acceptors (Lipinski definition) is 2. The summed E-state index contributed by atoms with van der Waals surface area (Å²) in [5, 5.41) is 18.9. The summed E-state index contributed by atoms with van der Waals surface area (Å²) in [6, 6.07) is 2.13. The Morgan fingerprint density at radius 2 is 2.25 bits per heavy atom. The van der Waals surface area contributed by atoms with Crippen LogP contribution in [-0.4, -0.2) is 11.1 Å². The molecule has 0 aromatic carbocycles. The van der Waals surface area contributed by atoms with Crippen LogP contribution in [0.2, 0.25) is 0 Å². The summed E-state index contributed by atoms with van der Waals surface area (Å²) in [7, 11) is 0. The van der Waals surface area contributed by atoms with Gasteiger partial charge in [0.05, 0.1) is 27.5 Å². The van der Waals surface area contributed by atoms with Gasteiger partial charge in [-0.2, -0.15) is 5.26 Å². The van der Waals surface area contributed by atoms with Gasteiger partial charge in [-0.05, 0) is 12.8 Å². The van der Waals surface area contributed by atoms with Crippen LogP contribution in [0.5, 0.6) is 0 Å². The molecule has 3 nitrogen and oxygen atoms in total. The SMILES string of the molecule is N#C[C@]1(C2C=C(Cl)C(Cl)=CC2)CC1C(=O)O. The molecule has 0 aromatic rings. The average molecular weight is 258 g/mol. The van der Waals surface area contributed by atoms with Crippen molar-refractivity contribution in [2.45, 2.75) is 12.8 Å². The maximum absolute atomic E-state index is 10.9. The molecule has 1 saturated carbocycles. The minimum Gasteiger partial charge on any atom is -0.481 e. The number of halogens is 2. The van der Waals surface area contributed by atoms with Crippen molar-refractivity contribution in [2.24, 2.45) is 17.3 Å². The maximum atomic E-state index is 10.9. The van der Waals surface area contributed by atoms with Gasteiger partial charge in [0.25, 0.3) is 0 Å². The van der Waals surface area contributed by atoms with E-state index in [1.165, 1.54) is 0 Å². The lowest BCUT2D eigenvalue weighted by atomic mass is 9.83. The van der Waals surface area contributed by atoms with Crippen molar-refractivity contribution in [1.82, 2.24) is 0 Å². The number of allylic oxidation sites excluding steroid dienone is 4. The normalized spacial score (nSPS) is 37.1. The third-order valence-corrected chi connectivity index (χ3v) is 4.08. The van der Waals surface area contributed by atoms with Crippen molar-refractivity contribution >= 4 is 29.2 Å². The lowest BCUT2D eigenvalue weighted by molar-refractivity contribution is -0.139. The minimum absolute atomic E-state index is 0.145. The molecule has 2 aliphatic rings. The van der Waals surface area contributed by atoms with E-state index in [1.807, 2.05) is 0 Å². The first-order valence-electron chi connectivity index (χ1n) is 4.88. The first-order valence-corrected chi connectivity index (χ1v) is 5.64. The Bertz CT molecular complexity index is 449. The molecular formula is C11H9Cl2NO2. The summed E-state index contributed by atoms with van der Waals surface area (Å²) in [4.78, 5) is 10.9. The van der Waals surface area contributed by atoms with Crippen molar-refractivity contribution in [2.75, 3.05) is 0 Å². The number of hydrogen-bond donors (Lipinski definition) is 1. The second-order valence-electron chi connectivity index (χ2n) is 4.16. The number of aliphatic carboxylic acids is 1. The van der Waals surface area contributed by atoms with E-state index >= 15 is 0 Å². The molecule has 0 amide bonds. The van der Waals surface area contributed by atoms with Crippen molar-refractivity contribution < 1.29 is 9.90 Å². The van der Waals surface area contributed by atoms with Gasteiger partial charge in [-0.25, -0.2) is 0 Å². The Morgan fingerprint density at radius 1 is 1.56 bits per heavy atom. The molecule has 0 spiro atoms. The molecule has 2 unspecified atom stereocenters. The van der Waals surface area contributed by atoms with Gasteiger partial charge in [-0.1, -0.05) is 35.4 Å². The quantitative estimate of drug-likeness (QED) is 0.828. The largest absolute Gasteiger partial charge is 0.481 e. The van der Waals surface area contributed by atoms with E-state index in [9.17, 15) is 4.79 Å². The number of rotatable bonds is 2. The summed E-state index contributed by atoms with van der Waals surface area (Å²) < 4.78 is 0. The fraction of sp³-hybridized carbons (Fsp3) is 0.455. The van der Waals surface area contributed by atoms with Crippen LogP contribution in [0.15, 0.2) is 22.2 Å². The predicted molar refractivity (Wildman–Crippen MR) is 59.8 cm³/mol. The van der Waals surface area contributed by atoms with Crippen LogP contribution in [0.1, 0.15) is 12.8 Å². The Kier molecular flexibility index (Phi) is 2.73. The van der Waals surface area contributed by atoms with E-state index in [-0.39, 0.29) is 5.92 Å². The number of nitriles is 1. The Hall–Kier alpha value is -0.980. The highest BCUT2D eigenvalue weighted by molar-refractivity contribution is 6.44. The lowest BCUT2D eigenvalue weighted by Gasteiger charge is -2.20. The molecule has 1 N–H and O–H groups in total. The fourth-order valence-electron chi connectivity index (χ4n) is 2.21. The van der Waals surface area contributed by atoms with Gasteiger partial charge in [0, 0.05) is 5.92 Å². The smallest absolute Gasteiger partial charge is 0.308 e. The highest BCUT2D eigenvalue weighted by Crippen LogP contribution is 2.60. The maximum Gasteiger partial charge on any atom is 0.308 e. The number of carboxylic acid groups (broad SMARTS) is 1. The summed E-state index contributed by atoms with van der Waals surface area (Å²) in [5.41, 5.74) is -0.792. The van der Waals surface area contributed by atoms with Crippen LogP contribution in [0, 0.1) is 28.6 Å². The second kappa shape index (κ2) is 3.80. The van der Waals surface area contributed by atoms with E-state index in [0.717, 1.165) is 0 Å². The van der Waals surface area contributed by atoms with Crippen molar-refractivity contribution in [3.8, 4) is 6.07 Å². The van der Waals surface area contributed by atoms with Crippen molar-refractivity contribution in [1.29, 1.82) is 5.26 Å². The molecule has 0 bridgehead atoms. The van der Waals surface area contributed by atoms with Crippen LogP contribution < -0.4 is 0 Å². The molecule has 1 fully saturated rings. The average Bonchev–Trinajstić information content (AvgIpc) is 2.98. The minimum atomic E-state index is -0.910. The van der Waals surface area contributed by atoms with E-state index in [1.54, 1.807) is 12.2 Å². The zero-order valence-corrected chi connectivity index (χ0v) is 9.79. The molecule has 2 rings (SSSR count). The molecular weight excluding hydrogens is 249 g/mol. The van der Waals surface area contributed by atoms with E-state index in [0.29, 0.717) is 22.9 Å². The third-order valence-electron chi connectivity index (χ3n) is 3.30. The van der Waals surface area contributed by atoms with Crippen LogP contribution in [-0.2, 0) is 4.79 Å². The number of carboxylic acids is 1. The zero-order valence-electron chi connectivity index (χ0n) is 8.28. The highest BCUT2D eigenvalue weighted by Gasteiger charge is 2.63. The summed E-state index contributed by atoms with van der Waals surface area (Å²) >= 11 is 11.7. The molecule has 0 saturated heterocycles. The monoisotopic (exact) mass is 257 g/mol. The zero-order chi connectivity index (χ0) is 11.9. The van der Waals surface area contributed by atoms with E-state index < -0.39 is 17.3 Å². The molecule has 5 heteroatoms. The van der Waals surface area contributed by atoms with Gasteiger partial charge >= 0.3 is 5.97 Å². The first-order chi connectivity index (χ1) is 7.51. The Labute approximate surface area is 103 Å². The Morgan fingerprint density at radius 3 is 2.69 bits per heavy atom. The van der Waals surface area contributed by atoms with Crippen LogP contribution in [0.25, 0.3) is 0 Å². The van der Waals surface area contributed by atoms with Crippen LogP contribution in [0.3, 0.4) is 0 Å². The molecule has 0 radical (unpaired) electrons. The first kappa shape index (κ1) is 11.5. The standard InChI is InChI=1S/C11H9Cl2NO2/c12-8-2-1-6(3-9(8)13)11(5-14)4-7(11)10(15)16/h2-3,6-7H,1,4H2,(H,15,16)/t6?,7?,11-/m0/s1. The fourth-order valence-corrected chi connectivity index (χ4v) is 2.60. The summed E-state index contributed by atoms with van der Waals surface area (Å²) in [6.07, 6.45) is 4.42. The van der Waals surface area contributed by atoms with Crippen LogP contribution >= 0.6 is 23.2 Å². The van der Waals surface area contributed by atoms with E-state index in [2.05, 4.69) is 6.07 Å². The van der Waals surface area contributed by atoms with Gasteiger partial charge in [0.2, 0.25) is 0 Å². The van der Waals surface area contributed by atoms with Crippen LogP contribution in [0.4, 0.5) is 0 Å². The molecule has 3 atom stereocenters. The number of nitrogens with zero attached hydrogens (tertiary/aromatic N) is 1. The lowest BCUT2D eigenvalue weighted by Crippen LogP contribution is -2.19. The summed E-state index contributed by atoms with van der Waals surface area (Å²) in [5.74, 6) is -1.63. The van der Waals surface area contributed by atoms with Crippen molar-refractivity contribution in [3.05, 3.63) is 22.2 Å². The van der Waals surface area contributed by atoms with Gasteiger partial charge in [-0.3, -0.25) is 4.79 Å². The molecule has 0 aliphatic heterocycles. The molecule has 0 heterocycles. The highest BCUT2D eigenvalue weighted by atomic mass is 35.5. The number of carbonyl (C=O) groups is 1. The second-order valence-corrected chi connectivity index (χ2v) is 4.97. The predicted octanol–water partition coefficient (Wildman–Crippen LogP) is 2.87. The van der Waals surface area contributed by atoms with Crippen molar-refractivity contribution in [3.63, 3.8) is 0 Å². The van der Waals surface area contributed by atoms with Gasteiger partial charge in [0.1, 0.15) is 0 Å². The molecule has 84 valence electrons. The molecule has 16 heavy (non-hydrogen) atoms. The van der Waals surface area contributed by atoms with E-state index in [4.69, 9.17) is 33.6 Å². The molecule has 0 aromatic heterocycles. The topological polar surface area (TPSA) is 61.1 Å². The van der Waals surface area contributed by atoms with Gasteiger partial charge in [-0.15, -0.1) is 0 Å². The molecule has 2 aliphatic carbocycles. The summed E-state index contributed by atoms with van der Waals surface area (Å²) in [6.45, 7) is 0. The third kappa shape index (κ3) is 1.63. The Balaban J connectivity index is 2.23. The van der Waals surface area contributed by atoms with Gasteiger partial charge < -0.3 is 5.11 Å².